The van der Waals surface area contributed by atoms with Crippen LogP contribution in [0.25, 0.3) is 0 Å². The van der Waals surface area contributed by atoms with Gasteiger partial charge < -0.3 is 19.9 Å². The molecule has 6 heteroatoms. The number of anilines is 4. The number of rotatable bonds is 3. The number of fused-ring (bicyclic) bond motifs is 2. The van der Waals surface area contributed by atoms with Crippen molar-refractivity contribution in [3.8, 4) is 5.75 Å². The van der Waals surface area contributed by atoms with E-state index < -0.39 is 0 Å². The van der Waals surface area contributed by atoms with Crippen LogP contribution < -0.4 is 19.9 Å². The van der Waals surface area contributed by atoms with Crippen molar-refractivity contribution in [3.05, 3.63) is 90.1 Å². The fourth-order valence-corrected chi connectivity index (χ4v) is 4.46. The second kappa shape index (κ2) is 8.82. The van der Waals surface area contributed by atoms with Gasteiger partial charge in [-0.05, 0) is 61.2 Å². The predicted octanol–water partition coefficient (Wildman–Crippen LogP) is 5.28. The Kier molecular flexibility index (Phi) is 5.57. The smallest absolute Gasteiger partial charge is 0.258 e. The van der Waals surface area contributed by atoms with Gasteiger partial charge in [-0.15, -0.1) is 0 Å². The number of amides is 2. The maximum atomic E-state index is 13.6. The van der Waals surface area contributed by atoms with Gasteiger partial charge in [0.2, 0.25) is 5.91 Å². The maximum Gasteiger partial charge on any atom is 0.258 e. The van der Waals surface area contributed by atoms with Crippen molar-refractivity contribution in [1.82, 2.24) is 0 Å². The van der Waals surface area contributed by atoms with Gasteiger partial charge in [-0.2, -0.15) is 0 Å². The molecule has 0 spiro atoms. The Balaban J connectivity index is 1.53. The molecule has 0 bridgehead atoms. The zero-order chi connectivity index (χ0) is 22.8. The summed E-state index contributed by atoms with van der Waals surface area (Å²) in [4.78, 5) is 29.4. The van der Waals surface area contributed by atoms with Crippen LogP contribution in [-0.4, -0.2) is 25.5 Å². The number of benzene rings is 3. The summed E-state index contributed by atoms with van der Waals surface area (Å²) in [6.07, 6.45) is 6.20. The number of carbonyl (C=O) groups is 2. The molecule has 2 aliphatic rings. The summed E-state index contributed by atoms with van der Waals surface area (Å²) in [5.41, 5.74) is 5.01. The van der Waals surface area contributed by atoms with Gasteiger partial charge in [-0.25, -0.2) is 0 Å². The monoisotopic (exact) mass is 439 g/mol. The van der Waals surface area contributed by atoms with E-state index in [1.54, 1.807) is 19.4 Å². The van der Waals surface area contributed by atoms with Crippen LogP contribution in [0.4, 0.5) is 22.7 Å². The molecule has 2 aliphatic heterocycles. The molecule has 6 nitrogen and oxygen atoms in total. The second-order valence-electron chi connectivity index (χ2n) is 8.12. The molecule has 2 heterocycles. The molecule has 0 saturated heterocycles. The molecule has 2 amide bonds. The minimum atomic E-state index is -0.199. The van der Waals surface area contributed by atoms with Crippen LogP contribution in [0.15, 0.2) is 79.0 Å². The zero-order valence-electron chi connectivity index (χ0n) is 18.5. The van der Waals surface area contributed by atoms with Gasteiger partial charge in [0.1, 0.15) is 5.75 Å². The Morgan fingerprint density at radius 3 is 2.58 bits per heavy atom. The zero-order valence-corrected chi connectivity index (χ0v) is 18.5. The molecule has 0 aliphatic carbocycles. The van der Waals surface area contributed by atoms with Crippen molar-refractivity contribution in [2.24, 2.45) is 0 Å². The van der Waals surface area contributed by atoms with Crippen molar-refractivity contribution in [2.75, 3.05) is 28.8 Å². The average Bonchev–Trinajstić information content (AvgIpc) is 3.16. The molecule has 1 N–H and O–H groups in total. The highest BCUT2D eigenvalue weighted by Gasteiger charge is 2.25. The highest BCUT2D eigenvalue weighted by Crippen LogP contribution is 2.40. The molecule has 33 heavy (non-hydrogen) atoms. The van der Waals surface area contributed by atoms with Crippen LogP contribution in [0.3, 0.4) is 0 Å². The quantitative estimate of drug-likeness (QED) is 0.603. The van der Waals surface area contributed by atoms with Gasteiger partial charge in [-0.3, -0.25) is 9.59 Å². The third-order valence-corrected chi connectivity index (χ3v) is 6.09. The number of para-hydroxylation sites is 3. The van der Waals surface area contributed by atoms with Crippen molar-refractivity contribution in [1.29, 1.82) is 0 Å². The van der Waals surface area contributed by atoms with E-state index in [0.717, 1.165) is 36.3 Å². The van der Waals surface area contributed by atoms with Gasteiger partial charge in [0.15, 0.2) is 0 Å². The molecule has 0 radical (unpaired) electrons. The summed E-state index contributed by atoms with van der Waals surface area (Å²) in [7, 11) is 1.59. The summed E-state index contributed by atoms with van der Waals surface area (Å²) in [6.45, 7) is 0.690. The van der Waals surface area contributed by atoms with Crippen LogP contribution in [0.2, 0.25) is 0 Å². The van der Waals surface area contributed by atoms with Gasteiger partial charge in [0, 0.05) is 30.1 Å². The van der Waals surface area contributed by atoms with Crippen molar-refractivity contribution in [3.63, 3.8) is 0 Å². The van der Waals surface area contributed by atoms with Gasteiger partial charge in [-0.1, -0.05) is 30.3 Å². The van der Waals surface area contributed by atoms with E-state index in [9.17, 15) is 9.59 Å². The molecule has 0 saturated carbocycles. The number of ether oxygens (including phenoxy) is 1. The Labute approximate surface area is 193 Å². The number of methoxy groups -OCH3 is 1. The number of nitrogens with one attached hydrogen (secondary N) is 1. The predicted molar refractivity (Wildman–Crippen MR) is 130 cm³/mol. The van der Waals surface area contributed by atoms with E-state index in [-0.39, 0.29) is 11.8 Å². The molecule has 0 aromatic heterocycles. The third-order valence-electron chi connectivity index (χ3n) is 6.09. The van der Waals surface area contributed by atoms with Crippen LogP contribution in [0.5, 0.6) is 5.75 Å². The molecular weight excluding hydrogens is 414 g/mol. The first kappa shape index (κ1) is 20.8. The SMILES string of the molecule is COc1cc(C(=O)N2CCCCc3ccccc32)ccc1N1C=CC(=O)Nc2ccccc21. The van der Waals surface area contributed by atoms with Crippen LogP contribution in [-0.2, 0) is 11.2 Å². The van der Waals surface area contributed by atoms with Crippen LogP contribution >= 0.6 is 0 Å². The Bertz CT molecular complexity index is 1250. The third kappa shape index (κ3) is 3.96. The second-order valence-corrected chi connectivity index (χ2v) is 8.12. The highest BCUT2D eigenvalue weighted by molar-refractivity contribution is 6.08. The standard InChI is InChI=1S/C27H25N3O3/c1-33-25-18-20(27(32)30-16-7-6-9-19-8-2-4-11-22(19)30)13-14-24(25)29-17-15-26(31)28-21-10-3-5-12-23(21)29/h2-5,8,10-15,17-18H,6-7,9,16H2,1H3,(H,28,31). The van der Waals surface area contributed by atoms with E-state index in [1.807, 2.05) is 64.4 Å². The molecule has 0 fully saturated rings. The topological polar surface area (TPSA) is 61.9 Å². The van der Waals surface area contributed by atoms with Crippen molar-refractivity contribution < 1.29 is 14.3 Å². The minimum Gasteiger partial charge on any atom is -0.495 e. The van der Waals surface area contributed by atoms with E-state index in [2.05, 4.69) is 11.4 Å². The first-order valence-electron chi connectivity index (χ1n) is 11.1. The minimum absolute atomic E-state index is 0.0437. The lowest BCUT2D eigenvalue weighted by molar-refractivity contribution is -0.111. The van der Waals surface area contributed by atoms with Crippen LogP contribution in [0.1, 0.15) is 28.8 Å². The van der Waals surface area contributed by atoms with E-state index in [4.69, 9.17) is 4.74 Å². The van der Waals surface area contributed by atoms with E-state index in [1.165, 1.54) is 11.6 Å². The van der Waals surface area contributed by atoms with E-state index in [0.29, 0.717) is 23.5 Å². The van der Waals surface area contributed by atoms with Gasteiger partial charge in [0.05, 0.1) is 24.2 Å². The molecule has 0 atom stereocenters. The van der Waals surface area contributed by atoms with Crippen molar-refractivity contribution >= 4 is 34.6 Å². The Hall–Kier alpha value is -4.06. The fourth-order valence-electron chi connectivity index (χ4n) is 4.46. The number of nitrogens with zero attached hydrogens (tertiary/aromatic N) is 2. The summed E-state index contributed by atoms with van der Waals surface area (Å²) in [5.74, 6) is 0.311. The first-order valence-corrected chi connectivity index (χ1v) is 11.1. The normalized spacial score (nSPS) is 15.1. The molecule has 3 aromatic carbocycles. The first-order chi connectivity index (χ1) is 16.2. The molecule has 166 valence electrons. The maximum absolute atomic E-state index is 13.6. The average molecular weight is 440 g/mol. The van der Waals surface area contributed by atoms with Crippen molar-refractivity contribution in [2.45, 2.75) is 19.3 Å². The van der Waals surface area contributed by atoms with Gasteiger partial charge in [0.25, 0.3) is 5.91 Å². The molecular formula is C27H25N3O3. The molecule has 0 unspecified atom stereocenters. The largest absolute Gasteiger partial charge is 0.495 e. The number of hydrogen-bond donors (Lipinski definition) is 1. The summed E-state index contributed by atoms with van der Waals surface area (Å²) in [6, 6.07) is 21.2. The fraction of sp³-hybridized carbons (Fsp3) is 0.185. The number of carbonyl (C=O) groups excluding carboxylic acids is 2. The summed E-state index contributed by atoms with van der Waals surface area (Å²) >= 11 is 0. The van der Waals surface area contributed by atoms with Crippen LogP contribution in [0, 0.1) is 0 Å². The van der Waals surface area contributed by atoms with Gasteiger partial charge >= 0.3 is 0 Å². The summed E-state index contributed by atoms with van der Waals surface area (Å²) in [5, 5.41) is 2.88. The highest BCUT2D eigenvalue weighted by atomic mass is 16.5. The Morgan fingerprint density at radius 2 is 1.73 bits per heavy atom. The lowest BCUT2D eigenvalue weighted by Crippen LogP contribution is -2.31. The number of hydrogen-bond acceptors (Lipinski definition) is 4. The lowest BCUT2D eigenvalue weighted by atomic mass is 10.1. The molecule has 5 rings (SSSR count). The Morgan fingerprint density at radius 1 is 0.939 bits per heavy atom. The number of aryl methyl sites for hydroxylation is 1. The molecule has 3 aromatic rings. The van der Waals surface area contributed by atoms with E-state index >= 15 is 0 Å². The lowest BCUT2D eigenvalue weighted by Gasteiger charge is -2.26. The summed E-state index contributed by atoms with van der Waals surface area (Å²) < 4.78 is 5.70.